The number of anilines is 1. The largest absolute Gasteiger partial charge is 0.493 e. The molecule has 3 aliphatic rings. The van der Waals surface area contributed by atoms with Gasteiger partial charge in [-0.15, -0.1) is 0 Å². The molecule has 0 spiro atoms. The van der Waals surface area contributed by atoms with Crippen LogP contribution in [0.2, 0.25) is 0 Å². The summed E-state index contributed by atoms with van der Waals surface area (Å²) < 4.78 is 17.1. The normalized spacial score (nSPS) is 24.2. The molecule has 2 aromatic rings. The number of aliphatic hydroxyl groups is 1. The molecule has 2 atom stereocenters. The van der Waals surface area contributed by atoms with E-state index in [0.717, 1.165) is 83.6 Å². The predicted octanol–water partition coefficient (Wildman–Crippen LogP) is 1.77. The number of morpholine rings is 1. The standard InChI is InChI=1S/C28H40N4O4/c1-34-28-19-23(7-8-27(28)36-18-15-29-13-16-35-17-14-29)20-30-21-25(26(33)22-30)32-11-9-31(10-12-32)24-5-3-2-4-6-24/h2-8,19,25-26,33H,9-18,20-22H2,1H3/t25-,26-/m0/s1. The van der Waals surface area contributed by atoms with E-state index in [0.29, 0.717) is 13.2 Å². The monoisotopic (exact) mass is 496 g/mol. The fourth-order valence-corrected chi connectivity index (χ4v) is 5.58. The number of methoxy groups -OCH3 is 1. The fraction of sp³-hybridized carbons (Fsp3) is 0.571. The van der Waals surface area contributed by atoms with Gasteiger partial charge in [-0.05, 0) is 29.8 Å². The minimum atomic E-state index is -0.321. The van der Waals surface area contributed by atoms with E-state index in [-0.39, 0.29) is 12.1 Å². The van der Waals surface area contributed by atoms with Crippen molar-refractivity contribution in [1.82, 2.24) is 14.7 Å². The van der Waals surface area contributed by atoms with E-state index in [2.05, 4.69) is 62.1 Å². The molecule has 0 radical (unpaired) electrons. The van der Waals surface area contributed by atoms with Crippen LogP contribution in [0.25, 0.3) is 0 Å². The summed E-state index contributed by atoms with van der Waals surface area (Å²) in [6.07, 6.45) is -0.321. The van der Waals surface area contributed by atoms with Crippen LogP contribution in [0.4, 0.5) is 5.69 Å². The molecule has 36 heavy (non-hydrogen) atoms. The van der Waals surface area contributed by atoms with Crippen LogP contribution in [-0.2, 0) is 11.3 Å². The number of benzene rings is 2. The van der Waals surface area contributed by atoms with Crippen molar-refractivity contribution in [2.45, 2.75) is 18.7 Å². The molecular formula is C28H40N4O4. The smallest absolute Gasteiger partial charge is 0.161 e. The van der Waals surface area contributed by atoms with Crippen LogP contribution in [-0.4, -0.2) is 118 Å². The number of β-amino-alcohol motifs (C(OH)–C–C–N with tert-alkyl or cyclic N) is 1. The van der Waals surface area contributed by atoms with Crippen molar-refractivity contribution in [3.05, 3.63) is 54.1 Å². The molecule has 1 N–H and O–H groups in total. The van der Waals surface area contributed by atoms with Crippen molar-refractivity contribution in [3.8, 4) is 11.5 Å². The van der Waals surface area contributed by atoms with Gasteiger partial charge in [0.15, 0.2) is 11.5 Å². The van der Waals surface area contributed by atoms with Crippen molar-refractivity contribution in [2.75, 3.05) is 90.7 Å². The molecule has 2 aromatic carbocycles. The molecule has 0 saturated carbocycles. The molecule has 0 bridgehead atoms. The maximum atomic E-state index is 10.9. The zero-order valence-corrected chi connectivity index (χ0v) is 21.4. The lowest BCUT2D eigenvalue weighted by molar-refractivity contribution is 0.0321. The first-order valence-electron chi connectivity index (χ1n) is 13.2. The Balaban J connectivity index is 1.11. The van der Waals surface area contributed by atoms with Crippen molar-refractivity contribution < 1.29 is 19.3 Å². The Morgan fingerprint density at radius 3 is 2.42 bits per heavy atom. The van der Waals surface area contributed by atoms with Crippen molar-refractivity contribution in [1.29, 1.82) is 0 Å². The Labute approximate surface area is 214 Å². The number of piperazine rings is 1. The third-order valence-electron chi connectivity index (χ3n) is 7.64. The molecule has 0 aromatic heterocycles. The average Bonchev–Trinajstić information content (AvgIpc) is 3.30. The van der Waals surface area contributed by atoms with Crippen LogP contribution < -0.4 is 14.4 Å². The summed E-state index contributed by atoms with van der Waals surface area (Å²) >= 11 is 0. The lowest BCUT2D eigenvalue weighted by atomic mass is 10.1. The maximum absolute atomic E-state index is 10.9. The van der Waals surface area contributed by atoms with Crippen molar-refractivity contribution >= 4 is 5.69 Å². The number of nitrogens with zero attached hydrogens (tertiary/aromatic N) is 4. The average molecular weight is 497 g/mol. The van der Waals surface area contributed by atoms with Crippen molar-refractivity contribution in [3.63, 3.8) is 0 Å². The third kappa shape index (κ3) is 6.30. The van der Waals surface area contributed by atoms with E-state index in [9.17, 15) is 5.11 Å². The van der Waals surface area contributed by atoms with Crippen LogP contribution in [0.3, 0.4) is 0 Å². The number of likely N-dealkylation sites (tertiary alicyclic amines) is 1. The first kappa shape index (κ1) is 25.3. The van der Waals surface area contributed by atoms with E-state index < -0.39 is 0 Å². The molecule has 0 aliphatic carbocycles. The van der Waals surface area contributed by atoms with Crippen LogP contribution >= 0.6 is 0 Å². The minimum absolute atomic E-state index is 0.188. The van der Waals surface area contributed by atoms with Gasteiger partial charge in [-0.1, -0.05) is 24.3 Å². The van der Waals surface area contributed by atoms with Gasteiger partial charge in [-0.2, -0.15) is 0 Å². The first-order chi connectivity index (χ1) is 17.7. The minimum Gasteiger partial charge on any atom is -0.493 e. The van der Waals surface area contributed by atoms with Gasteiger partial charge in [0.05, 0.1) is 26.4 Å². The van der Waals surface area contributed by atoms with E-state index in [1.807, 2.05) is 6.07 Å². The van der Waals surface area contributed by atoms with Gasteiger partial charge in [0.1, 0.15) is 6.61 Å². The second-order valence-corrected chi connectivity index (χ2v) is 9.98. The molecule has 8 nitrogen and oxygen atoms in total. The molecule has 3 heterocycles. The zero-order chi connectivity index (χ0) is 24.7. The van der Waals surface area contributed by atoms with E-state index >= 15 is 0 Å². The van der Waals surface area contributed by atoms with Gasteiger partial charge in [-0.3, -0.25) is 14.7 Å². The molecular weight excluding hydrogens is 456 g/mol. The Morgan fingerprint density at radius 1 is 0.889 bits per heavy atom. The summed E-state index contributed by atoms with van der Waals surface area (Å²) in [5, 5.41) is 10.9. The van der Waals surface area contributed by atoms with Gasteiger partial charge < -0.3 is 24.2 Å². The summed E-state index contributed by atoms with van der Waals surface area (Å²) in [5.74, 6) is 1.55. The Kier molecular flexibility index (Phi) is 8.61. The molecule has 0 amide bonds. The van der Waals surface area contributed by atoms with Gasteiger partial charge >= 0.3 is 0 Å². The zero-order valence-electron chi connectivity index (χ0n) is 21.4. The number of hydrogen-bond donors (Lipinski definition) is 1. The van der Waals surface area contributed by atoms with Gasteiger partial charge in [0.25, 0.3) is 0 Å². The molecule has 196 valence electrons. The summed E-state index contributed by atoms with van der Waals surface area (Å²) in [4.78, 5) is 9.62. The van der Waals surface area contributed by atoms with Crippen LogP contribution in [0, 0.1) is 0 Å². The second kappa shape index (κ2) is 12.3. The van der Waals surface area contributed by atoms with Crippen molar-refractivity contribution in [2.24, 2.45) is 0 Å². The van der Waals surface area contributed by atoms with Crippen LogP contribution in [0.5, 0.6) is 11.5 Å². The SMILES string of the molecule is COc1cc(CN2C[C@H](O)[C@@H](N3CCN(c4ccccc4)CC3)C2)ccc1OCCN1CCOCC1. The third-order valence-corrected chi connectivity index (χ3v) is 7.64. The van der Waals surface area contributed by atoms with E-state index in [1.165, 1.54) is 11.3 Å². The van der Waals surface area contributed by atoms with Gasteiger partial charge in [-0.25, -0.2) is 0 Å². The Hall–Kier alpha value is -2.36. The number of para-hydroxylation sites is 1. The molecule has 5 rings (SSSR count). The highest BCUT2D eigenvalue weighted by Gasteiger charge is 2.36. The van der Waals surface area contributed by atoms with Gasteiger partial charge in [0, 0.05) is 77.2 Å². The summed E-state index contributed by atoms with van der Waals surface area (Å²) in [6, 6.07) is 17.0. The van der Waals surface area contributed by atoms with Crippen LogP contribution in [0.1, 0.15) is 5.56 Å². The number of aliphatic hydroxyl groups excluding tert-OH is 1. The molecule has 3 saturated heterocycles. The fourth-order valence-electron chi connectivity index (χ4n) is 5.58. The molecule has 8 heteroatoms. The van der Waals surface area contributed by atoms with Gasteiger partial charge in [0.2, 0.25) is 0 Å². The highest BCUT2D eigenvalue weighted by molar-refractivity contribution is 5.46. The number of ether oxygens (including phenoxy) is 3. The maximum Gasteiger partial charge on any atom is 0.161 e. The molecule has 3 fully saturated rings. The first-order valence-corrected chi connectivity index (χ1v) is 13.2. The summed E-state index contributed by atoms with van der Waals surface area (Å²) in [7, 11) is 1.69. The quantitative estimate of drug-likeness (QED) is 0.564. The molecule has 0 unspecified atom stereocenters. The topological polar surface area (TPSA) is 60.9 Å². The number of hydrogen-bond acceptors (Lipinski definition) is 8. The summed E-state index contributed by atoms with van der Waals surface area (Å²) in [5.41, 5.74) is 2.46. The lowest BCUT2D eigenvalue weighted by Crippen LogP contribution is -2.53. The van der Waals surface area contributed by atoms with E-state index in [4.69, 9.17) is 14.2 Å². The number of rotatable bonds is 9. The summed E-state index contributed by atoms with van der Waals surface area (Å²) in [6.45, 7) is 11.4. The lowest BCUT2D eigenvalue weighted by Gasteiger charge is -2.39. The second-order valence-electron chi connectivity index (χ2n) is 9.98. The highest BCUT2D eigenvalue weighted by Crippen LogP contribution is 2.30. The Bertz CT molecular complexity index is 948. The van der Waals surface area contributed by atoms with E-state index in [1.54, 1.807) is 7.11 Å². The Morgan fingerprint density at radius 2 is 1.67 bits per heavy atom. The van der Waals surface area contributed by atoms with Crippen LogP contribution in [0.15, 0.2) is 48.5 Å². The highest BCUT2D eigenvalue weighted by atomic mass is 16.5. The predicted molar refractivity (Wildman–Crippen MR) is 141 cm³/mol. The molecule has 3 aliphatic heterocycles.